The number of hydrogen-bond donors (Lipinski definition) is 0. The van der Waals surface area contributed by atoms with E-state index in [4.69, 9.17) is 0 Å². The third-order valence-corrected chi connectivity index (χ3v) is 8.78. The van der Waals surface area contributed by atoms with E-state index in [1.165, 1.54) is 85.6 Å². The zero-order valence-corrected chi connectivity index (χ0v) is 28.9. The standard InChI is InChI=1S/C17H17.C10H15.C9H10.2ClH.Zr/c1-10-5-14-9-15-6-11(2)13(4)8-17(15)16(14)7-12(10)3;1-8-5-6-9(7-8)10(2,3)4;1-2-6-9-7-4-3-5-8-9;;;/h5-9H,1-4H3;6-8H,1-4H3;3-5,7-8H,2H2,1H3;2*1H;/q2*-1;;;;+2/p-2. The van der Waals surface area contributed by atoms with Gasteiger partial charge in [-0.25, -0.2) is 6.08 Å². The van der Waals surface area contributed by atoms with Gasteiger partial charge in [-0.2, -0.15) is 11.6 Å². The van der Waals surface area contributed by atoms with Crippen molar-refractivity contribution in [2.75, 3.05) is 0 Å². The van der Waals surface area contributed by atoms with Crippen LogP contribution in [0.3, 0.4) is 0 Å². The van der Waals surface area contributed by atoms with Crippen LogP contribution in [0.15, 0.2) is 78.4 Å². The molecule has 5 rings (SSSR count). The predicted molar refractivity (Wildman–Crippen MR) is 161 cm³/mol. The Bertz CT molecular complexity index is 1380. The van der Waals surface area contributed by atoms with Crippen LogP contribution in [0.4, 0.5) is 0 Å². The summed E-state index contributed by atoms with van der Waals surface area (Å²) >= 11 is 1.54. The molecule has 1 unspecified atom stereocenters. The van der Waals surface area contributed by atoms with Crippen molar-refractivity contribution >= 4 is 24.8 Å². The number of hydrogen-bond acceptors (Lipinski definition) is 0. The van der Waals surface area contributed by atoms with Gasteiger partial charge in [-0.3, -0.25) is 6.08 Å². The first kappa shape index (κ1) is 35.4. The first-order valence-corrected chi connectivity index (χ1v) is 14.7. The van der Waals surface area contributed by atoms with Crippen molar-refractivity contribution in [1.29, 1.82) is 0 Å². The van der Waals surface area contributed by atoms with Gasteiger partial charge >= 0.3 is 76.7 Å². The van der Waals surface area contributed by atoms with Crippen LogP contribution in [0, 0.1) is 45.1 Å². The van der Waals surface area contributed by atoms with E-state index in [2.05, 4.69) is 141 Å². The molecule has 1 aliphatic rings. The fourth-order valence-corrected chi connectivity index (χ4v) is 4.86. The Morgan fingerprint density at radius 1 is 0.821 bits per heavy atom. The minimum Gasteiger partial charge on any atom is -1.00 e. The first-order valence-electron chi connectivity index (χ1n) is 13.4. The second kappa shape index (κ2) is 15.4. The third kappa shape index (κ3) is 9.45. The number of fused-ring (bicyclic) bond motifs is 3. The van der Waals surface area contributed by atoms with Crippen LogP contribution in [0.2, 0.25) is 0 Å². The van der Waals surface area contributed by atoms with E-state index in [0.29, 0.717) is 11.3 Å². The van der Waals surface area contributed by atoms with E-state index in [9.17, 15) is 0 Å². The molecule has 0 aliphatic heterocycles. The topological polar surface area (TPSA) is 0 Å². The van der Waals surface area contributed by atoms with E-state index in [1.54, 1.807) is 3.21 Å². The fraction of sp³-hybridized carbons (Fsp3) is 0.333. The molecule has 0 radical (unpaired) electrons. The summed E-state index contributed by atoms with van der Waals surface area (Å²) in [7, 11) is 0. The molecule has 4 aromatic rings. The van der Waals surface area contributed by atoms with Gasteiger partial charge in [0, 0.05) is 0 Å². The molecule has 0 spiro atoms. The molecule has 3 heteroatoms. The second-order valence-electron chi connectivity index (χ2n) is 11.4. The van der Waals surface area contributed by atoms with Crippen molar-refractivity contribution in [3.8, 4) is 0 Å². The molecule has 1 atom stereocenters. The van der Waals surface area contributed by atoms with Crippen molar-refractivity contribution in [2.45, 2.75) is 68.7 Å². The molecule has 1 aliphatic carbocycles. The van der Waals surface area contributed by atoms with Crippen molar-refractivity contribution in [3.05, 3.63) is 112 Å². The Morgan fingerprint density at radius 3 is 1.64 bits per heavy atom. The van der Waals surface area contributed by atoms with Gasteiger partial charge in [-0.05, 0) is 27.7 Å². The molecular formula is C36H42Cl2Zr-2. The Balaban J connectivity index is 0.000000303. The summed E-state index contributed by atoms with van der Waals surface area (Å²) in [5.41, 5.74) is 8.63. The minimum atomic E-state index is 0. The number of rotatable bonds is 2. The zero-order valence-electron chi connectivity index (χ0n) is 25.0. The molecule has 0 amide bonds. The number of benzene rings is 3. The summed E-state index contributed by atoms with van der Waals surface area (Å²) < 4.78 is 1.55. The number of allylic oxidation sites excluding steroid dienone is 4. The van der Waals surface area contributed by atoms with E-state index >= 15 is 0 Å². The Labute approximate surface area is 264 Å². The van der Waals surface area contributed by atoms with Gasteiger partial charge in [0.2, 0.25) is 0 Å². The smallest absolute Gasteiger partial charge is 0.0408 e. The zero-order chi connectivity index (χ0) is 27.3. The van der Waals surface area contributed by atoms with Crippen LogP contribution in [0.5, 0.6) is 0 Å². The molecule has 206 valence electrons. The molecule has 0 nitrogen and oxygen atoms in total. The predicted octanol–water partition coefficient (Wildman–Crippen LogP) is 4.09. The molecule has 39 heavy (non-hydrogen) atoms. The monoisotopic (exact) mass is 634 g/mol. The average Bonchev–Trinajstić information content (AvgIpc) is 3.44. The van der Waals surface area contributed by atoms with Gasteiger partial charge in [-0.15, -0.1) is 39.7 Å². The van der Waals surface area contributed by atoms with E-state index in [-0.39, 0.29) is 24.8 Å². The molecular weight excluding hydrogens is 595 g/mol. The van der Waals surface area contributed by atoms with Gasteiger partial charge in [-0.1, -0.05) is 73.4 Å². The summed E-state index contributed by atoms with van der Waals surface area (Å²) in [5.74, 6) is 0.522. The summed E-state index contributed by atoms with van der Waals surface area (Å²) in [6.07, 6.45) is 8.83. The van der Waals surface area contributed by atoms with Gasteiger partial charge in [0.1, 0.15) is 0 Å². The van der Waals surface area contributed by atoms with Crippen molar-refractivity contribution in [2.24, 2.45) is 11.3 Å². The minimum absolute atomic E-state index is 0. The molecule has 0 aromatic heterocycles. The van der Waals surface area contributed by atoms with Crippen LogP contribution < -0.4 is 24.8 Å². The maximum absolute atomic E-state index is 3.26. The van der Waals surface area contributed by atoms with Gasteiger partial charge in [0.15, 0.2) is 0 Å². The Hall–Kier alpha value is -1.66. The Kier molecular flexibility index (Phi) is 13.9. The number of halogens is 2. The SMILES string of the molecule is CC1[C-]=CC(C(C)(C)C)=C1.CC[C](=[Zr+2])c1ccccc1.Cc1cc2[cH-]c3cc(C)c(C)cc3c2cc1C.[Cl-].[Cl-]. The van der Waals surface area contributed by atoms with Crippen LogP contribution >= 0.6 is 0 Å². The summed E-state index contributed by atoms with van der Waals surface area (Å²) in [6, 6.07) is 22.1. The molecule has 4 aromatic carbocycles. The first-order chi connectivity index (χ1) is 17.4. The normalized spacial score (nSPS) is 13.9. The molecule has 0 heterocycles. The second-order valence-corrected chi connectivity index (χ2v) is 12.8. The van der Waals surface area contributed by atoms with Crippen LogP contribution in [-0.4, -0.2) is 3.21 Å². The molecule has 0 bridgehead atoms. The summed E-state index contributed by atoms with van der Waals surface area (Å²) in [5, 5.41) is 5.53. The van der Waals surface area contributed by atoms with Crippen LogP contribution in [-0.2, 0) is 24.2 Å². The molecule has 0 saturated carbocycles. The van der Waals surface area contributed by atoms with Crippen molar-refractivity contribution < 1.29 is 49.0 Å². The van der Waals surface area contributed by atoms with Gasteiger partial charge in [0.05, 0.1) is 0 Å². The maximum atomic E-state index is 3.26. The average molecular weight is 637 g/mol. The fourth-order valence-electron chi connectivity index (χ4n) is 4.45. The van der Waals surface area contributed by atoms with Gasteiger partial charge < -0.3 is 24.8 Å². The van der Waals surface area contributed by atoms with Crippen LogP contribution in [0.1, 0.15) is 68.9 Å². The van der Waals surface area contributed by atoms with E-state index < -0.39 is 0 Å². The largest absolute Gasteiger partial charge is 1.00 e. The third-order valence-electron chi connectivity index (χ3n) is 7.21. The Morgan fingerprint density at radius 2 is 1.28 bits per heavy atom. The van der Waals surface area contributed by atoms with Crippen LogP contribution in [0.25, 0.3) is 21.5 Å². The van der Waals surface area contributed by atoms with Gasteiger partial charge in [0.25, 0.3) is 0 Å². The molecule has 0 saturated heterocycles. The van der Waals surface area contributed by atoms with E-state index in [1.807, 2.05) is 0 Å². The number of aryl methyl sites for hydroxylation is 4. The molecule has 0 N–H and O–H groups in total. The quantitative estimate of drug-likeness (QED) is 0.291. The maximum Gasteiger partial charge on any atom is -0.0408 e. The van der Waals surface area contributed by atoms with Crippen molar-refractivity contribution in [1.82, 2.24) is 0 Å². The molecule has 0 fully saturated rings. The van der Waals surface area contributed by atoms with E-state index in [0.717, 1.165) is 0 Å². The van der Waals surface area contributed by atoms with Crippen molar-refractivity contribution in [3.63, 3.8) is 0 Å². The summed E-state index contributed by atoms with van der Waals surface area (Å²) in [6.45, 7) is 19.8. The summed E-state index contributed by atoms with van der Waals surface area (Å²) in [4.78, 5) is 0.